The summed E-state index contributed by atoms with van der Waals surface area (Å²) in [7, 11) is 0. The Morgan fingerprint density at radius 3 is 2.06 bits per heavy atom. The summed E-state index contributed by atoms with van der Waals surface area (Å²) in [6, 6.07) is 23.4. The zero-order chi connectivity index (χ0) is 23.8. The fourth-order valence-electron chi connectivity index (χ4n) is 3.99. The molecule has 0 aliphatic carbocycles. The number of carbonyl (C=O) groups excluding carboxylic acids is 2. The summed E-state index contributed by atoms with van der Waals surface area (Å²) in [5.41, 5.74) is 2.02. The molecule has 0 spiro atoms. The average Bonchev–Trinajstić information content (AvgIpc) is 3.23. The molecule has 0 radical (unpaired) electrons. The van der Waals surface area contributed by atoms with Crippen LogP contribution in [0.25, 0.3) is 0 Å². The molecule has 0 aliphatic rings. The molecule has 1 heterocycles. The molecular weight excluding hydrogens is 412 g/mol. The van der Waals surface area contributed by atoms with Crippen LogP contribution >= 0.6 is 0 Å². The lowest BCUT2D eigenvalue weighted by Gasteiger charge is -2.32. The number of furan rings is 1. The molecule has 1 unspecified atom stereocenters. The van der Waals surface area contributed by atoms with Gasteiger partial charge in [0.15, 0.2) is 0 Å². The Morgan fingerprint density at radius 1 is 0.879 bits per heavy atom. The van der Waals surface area contributed by atoms with Crippen molar-refractivity contribution in [3.05, 3.63) is 95.4 Å². The predicted octanol–water partition coefficient (Wildman–Crippen LogP) is 5.55. The molecule has 3 aromatic rings. The zero-order valence-corrected chi connectivity index (χ0v) is 20.0. The molecule has 0 saturated heterocycles. The van der Waals surface area contributed by atoms with Crippen LogP contribution in [0.5, 0.6) is 0 Å². The zero-order valence-electron chi connectivity index (χ0n) is 20.0. The number of carbonyl (C=O) groups is 2. The summed E-state index contributed by atoms with van der Waals surface area (Å²) in [5.74, 6) is 1.16. The molecule has 0 fully saturated rings. The van der Waals surface area contributed by atoms with Crippen LogP contribution in [-0.4, -0.2) is 34.2 Å². The van der Waals surface area contributed by atoms with E-state index in [2.05, 4.69) is 0 Å². The van der Waals surface area contributed by atoms with Gasteiger partial charge in [-0.2, -0.15) is 0 Å². The first-order valence-corrected chi connectivity index (χ1v) is 11.6. The maximum absolute atomic E-state index is 13.5. The van der Waals surface area contributed by atoms with Gasteiger partial charge in [-0.25, -0.2) is 0 Å². The highest BCUT2D eigenvalue weighted by molar-refractivity contribution is 5.88. The minimum atomic E-state index is -0.267. The van der Waals surface area contributed by atoms with Crippen LogP contribution in [0, 0.1) is 6.92 Å². The molecule has 5 heteroatoms. The van der Waals surface area contributed by atoms with E-state index in [1.807, 2.05) is 100 Å². The van der Waals surface area contributed by atoms with Crippen molar-refractivity contribution >= 4 is 11.8 Å². The van der Waals surface area contributed by atoms with Gasteiger partial charge in [-0.15, -0.1) is 0 Å². The van der Waals surface area contributed by atoms with Crippen molar-refractivity contribution in [3.63, 3.8) is 0 Å². The van der Waals surface area contributed by atoms with Crippen LogP contribution in [0.2, 0.25) is 0 Å². The fourth-order valence-corrected chi connectivity index (χ4v) is 3.99. The van der Waals surface area contributed by atoms with E-state index in [-0.39, 0.29) is 30.3 Å². The highest BCUT2D eigenvalue weighted by atomic mass is 16.3. The largest absolute Gasteiger partial charge is 0.464 e. The van der Waals surface area contributed by atoms with Gasteiger partial charge in [-0.1, -0.05) is 67.6 Å². The van der Waals surface area contributed by atoms with Gasteiger partial charge in [0.1, 0.15) is 18.1 Å². The summed E-state index contributed by atoms with van der Waals surface area (Å²) >= 11 is 0. The van der Waals surface area contributed by atoms with E-state index >= 15 is 0 Å². The monoisotopic (exact) mass is 446 g/mol. The Bertz CT molecular complexity index is 1030. The molecule has 2 amide bonds. The summed E-state index contributed by atoms with van der Waals surface area (Å²) in [6.45, 7) is 8.66. The van der Waals surface area contributed by atoms with Crippen molar-refractivity contribution < 1.29 is 14.0 Å². The molecule has 3 rings (SSSR count). The number of aryl methyl sites for hydroxylation is 1. The van der Waals surface area contributed by atoms with E-state index in [0.717, 1.165) is 22.6 Å². The van der Waals surface area contributed by atoms with Gasteiger partial charge >= 0.3 is 0 Å². The number of rotatable bonds is 10. The number of benzene rings is 2. The van der Waals surface area contributed by atoms with E-state index in [1.54, 1.807) is 9.80 Å². The normalized spacial score (nSPS) is 11.9. The second kappa shape index (κ2) is 11.5. The van der Waals surface area contributed by atoms with Gasteiger partial charge in [0.05, 0.1) is 12.5 Å². The summed E-state index contributed by atoms with van der Waals surface area (Å²) in [4.78, 5) is 30.5. The van der Waals surface area contributed by atoms with E-state index in [4.69, 9.17) is 4.42 Å². The van der Waals surface area contributed by atoms with E-state index in [0.29, 0.717) is 19.5 Å². The molecule has 1 atom stereocenters. The van der Waals surface area contributed by atoms with Crippen LogP contribution < -0.4 is 0 Å². The van der Waals surface area contributed by atoms with Crippen LogP contribution in [0.1, 0.15) is 55.8 Å². The van der Waals surface area contributed by atoms with Crippen LogP contribution in [0.15, 0.2) is 77.2 Å². The minimum absolute atomic E-state index is 0.0134. The van der Waals surface area contributed by atoms with Crippen molar-refractivity contribution in [2.75, 3.05) is 6.54 Å². The van der Waals surface area contributed by atoms with Gasteiger partial charge in [-0.3, -0.25) is 9.59 Å². The van der Waals surface area contributed by atoms with E-state index in [1.165, 1.54) is 0 Å². The van der Waals surface area contributed by atoms with Crippen molar-refractivity contribution in [2.24, 2.45) is 0 Å². The number of hydrogen-bond acceptors (Lipinski definition) is 3. The Labute approximate surface area is 197 Å². The lowest BCUT2D eigenvalue weighted by atomic mass is 9.94. The first kappa shape index (κ1) is 24.3. The number of nitrogens with zero attached hydrogens (tertiary/aromatic N) is 2. The lowest BCUT2D eigenvalue weighted by molar-refractivity contribution is -0.143. The summed E-state index contributed by atoms with van der Waals surface area (Å²) in [5, 5.41) is 0. The summed E-state index contributed by atoms with van der Waals surface area (Å²) in [6.07, 6.45) is 0.680. The van der Waals surface area contributed by atoms with Crippen LogP contribution in [-0.2, 0) is 22.7 Å². The third-order valence-corrected chi connectivity index (χ3v) is 5.83. The molecule has 0 bridgehead atoms. The van der Waals surface area contributed by atoms with Gasteiger partial charge in [0.2, 0.25) is 11.8 Å². The molecular formula is C28H34N2O3. The van der Waals surface area contributed by atoms with Crippen LogP contribution in [0.3, 0.4) is 0 Å². The standard InChI is InChI=1S/C28H34N2O3/c1-5-26(24-14-10-7-11-15-24)28(32)30(21(2)3)20-27(31)29(18-23-12-8-6-9-13-23)19-25-17-16-22(4)33-25/h6-17,21,26H,5,18-20H2,1-4H3. The van der Waals surface area contributed by atoms with E-state index < -0.39 is 0 Å². The molecule has 5 nitrogen and oxygen atoms in total. The molecule has 0 N–H and O–H groups in total. The highest BCUT2D eigenvalue weighted by Crippen LogP contribution is 2.23. The predicted molar refractivity (Wildman–Crippen MR) is 130 cm³/mol. The second-order valence-electron chi connectivity index (χ2n) is 8.68. The van der Waals surface area contributed by atoms with Crippen molar-refractivity contribution in [3.8, 4) is 0 Å². The molecule has 174 valence electrons. The Kier molecular flexibility index (Phi) is 8.47. The van der Waals surface area contributed by atoms with Crippen molar-refractivity contribution in [1.29, 1.82) is 0 Å². The first-order valence-electron chi connectivity index (χ1n) is 11.6. The minimum Gasteiger partial charge on any atom is -0.464 e. The fraction of sp³-hybridized carbons (Fsp3) is 0.357. The van der Waals surface area contributed by atoms with Gasteiger partial charge < -0.3 is 14.2 Å². The first-order chi connectivity index (χ1) is 15.9. The third kappa shape index (κ3) is 6.58. The Morgan fingerprint density at radius 2 is 1.52 bits per heavy atom. The molecule has 1 aromatic heterocycles. The van der Waals surface area contributed by atoms with Gasteiger partial charge in [0.25, 0.3) is 0 Å². The van der Waals surface area contributed by atoms with E-state index in [9.17, 15) is 9.59 Å². The van der Waals surface area contributed by atoms with Gasteiger partial charge in [-0.05, 0) is 50.5 Å². The SMILES string of the molecule is CCC(C(=O)N(CC(=O)N(Cc1ccccc1)Cc1ccc(C)o1)C(C)C)c1ccccc1. The van der Waals surface area contributed by atoms with Gasteiger partial charge in [0, 0.05) is 12.6 Å². The molecule has 0 aliphatic heterocycles. The lowest BCUT2D eigenvalue weighted by Crippen LogP contribution is -2.47. The third-order valence-electron chi connectivity index (χ3n) is 5.83. The molecule has 2 aromatic carbocycles. The van der Waals surface area contributed by atoms with Crippen molar-refractivity contribution in [1.82, 2.24) is 9.80 Å². The second-order valence-corrected chi connectivity index (χ2v) is 8.68. The topological polar surface area (TPSA) is 53.8 Å². The maximum atomic E-state index is 13.5. The molecule has 33 heavy (non-hydrogen) atoms. The highest BCUT2D eigenvalue weighted by Gasteiger charge is 2.29. The quantitative estimate of drug-likeness (QED) is 0.410. The Hall–Kier alpha value is -3.34. The number of hydrogen-bond donors (Lipinski definition) is 0. The average molecular weight is 447 g/mol. The smallest absolute Gasteiger partial charge is 0.242 e. The van der Waals surface area contributed by atoms with Crippen molar-refractivity contribution in [2.45, 2.75) is 59.2 Å². The van der Waals surface area contributed by atoms with Crippen LogP contribution in [0.4, 0.5) is 0 Å². The molecule has 0 saturated carbocycles. The summed E-state index contributed by atoms with van der Waals surface area (Å²) < 4.78 is 5.74. The maximum Gasteiger partial charge on any atom is 0.242 e. The Balaban J connectivity index is 1.81. The number of amides is 2.